The second-order valence-electron chi connectivity index (χ2n) is 10.7. The largest absolute Gasteiger partial charge is 2.00 e. The van der Waals surface area contributed by atoms with Gasteiger partial charge in [0.15, 0.2) is 8.32 Å². The quantitative estimate of drug-likeness (QED) is 0.143. The molecule has 0 spiro atoms. The maximum Gasteiger partial charge on any atom is 2.00 e. The van der Waals surface area contributed by atoms with E-state index >= 15 is 0 Å². The van der Waals surface area contributed by atoms with Gasteiger partial charge in [-0.15, -0.1) is 11.8 Å². The number of rotatable bonds is 9. The first-order chi connectivity index (χ1) is 17.0. The van der Waals surface area contributed by atoms with Crippen molar-refractivity contribution in [3.8, 4) is 0 Å². The minimum absolute atomic E-state index is 0. The fourth-order valence-corrected chi connectivity index (χ4v) is 7.12. The van der Waals surface area contributed by atoms with Gasteiger partial charge >= 0.3 is 23.0 Å². The van der Waals surface area contributed by atoms with Crippen LogP contribution >= 0.6 is 11.8 Å². The summed E-state index contributed by atoms with van der Waals surface area (Å²) in [6.07, 6.45) is 21.1. The van der Waals surface area contributed by atoms with E-state index in [2.05, 4.69) is 53.3 Å². The van der Waals surface area contributed by atoms with Gasteiger partial charge in [-0.3, -0.25) is 9.69 Å². The van der Waals surface area contributed by atoms with Crippen LogP contribution in [0.5, 0.6) is 0 Å². The maximum absolute atomic E-state index is 13.2. The Morgan fingerprint density at radius 2 is 1.68 bits per heavy atom. The number of hydrogen-bond acceptors (Lipinski definition) is 5. The van der Waals surface area contributed by atoms with Crippen molar-refractivity contribution in [3.63, 3.8) is 0 Å². The van der Waals surface area contributed by atoms with Gasteiger partial charge in [-0.25, -0.2) is 4.79 Å². The van der Waals surface area contributed by atoms with Crippen molar-refractivity contribution in [1.82, 2.24) is 4.90 Å². The van der Waals surface area contributed by atoms with Crippen LogP contribution in [-0.4, -0.2) is 43.2 Å². The van der Waals surface area contributed by atoms with Gasteiger partial charge < -0.3 is 9.16 Å². The molecule has 10 radical (unpaired) electrons. The molecule has 2 aliphatic heterocycles. The normalized spacial score (nSPS) is 24.6. The Morgan fingerprint density at radius 1 is 1.11 bits per heavy atom. The molecule has 2 saturated carbocycles. The minimum Gasteiger partial charge on any atom is -0.457 e. The fraction of sp³-hybridized carbons (Fsp3) is 0.448. The van der Waals surface area contributed by atoms with E-state index in [0.717, 1.165) is 11.3 Å². The minimum atomic E-state index is -2.01. The molecule has 0 bridgehead atoms. The molecule has 5 nitrogen and oxygen atoms in total. The van der Waals surface area contributed by atoms with E-state index in [-0.39, 0.29) is 52.0 Å². The number of allylic oxidation sites excluding steroid dienone is 1. The molecule has 0 aromatic carbocycles. The number of thioether (sulfide) groups is 1. The predicted molar refractivity (Wildman–Crippen MR) is 149 cm³/mol. The van der Waals surface area contributed by atoms with Gasteiger partial charge in [0.2, 0.25) is 5.91 Å². The number of nitrogens with zero attached hydrogens (tertiary/aromatic N) is 1. The molecular weight excluding hydrogens is 542 g/mol. The number of amides is 1. The first-order valence-electron chi connectivity index (χ1n) is 12.5. The summed E-state index contributed by atoms with van der Waals surface area (Å²) in [5, 5.41) is -0.0349. The van der Waals surface area contributed by atoms with E-state index in [9.17, 15) is 9.59 Å². The van der Waals surface area contributed by atoms with Crippen molar-refractivity contribution in [1.29, 1.82) is 0 Å². The van der Waals surface area contributed by atoms with Crippen LogP contribution in [0.3, 0.4) is 0 Å². The summed E-state index contributed by atoms with van der Waals surface area (Å²) in [7, 11) is -2.01. The summed E-state index contributed by atoms with van der Waals surface area (Å²) < 4.78 is 11.8. The summed E-state index contributed by atoms with van der Waals surface area (Å²) in [6.45, 7) is 16.7. The second-order valence-corrected chi connectivity index (χ2v) is 16.7. The summed E-state index contributed by atoms with van der Waals surface area (Å²) in [6, 6.07) is 0. The third kappa shape index (κ3) is 8.00. The van der Waals surface area contributed by atoms with Crippen LogP contribution in [0.15, 0.2) is 23.3 Å². The van der Waals surface area contributed by atoms with Gasteiger partial charge in [0.25, 0.3) is 0 Å². The van der Waals surface area contributed by atoms with Gasteiger partial charge in [0.1, 0.15) is 17.7 Å². The van der Waals surface area contributed by atoms with E-state index in [1.54, 1.807) is 16.7 Å². The van der Waals surface area contributed by atoms with Crippen LogP contribution in [-0.2, 0) is 35.8 Å². The summed E-state index contributed by atoms with van der Waals surface area (Å²) >= 11 is 1.62. The standard InChI is InChI=1S/C24H34NO4SSi.C5H5.Fe/c1-8-15-28-23(27)20-18(14-13-17-11-9-10-12-17)30-22-19(21(26)25(20)22)16(2)29-31(6,7)24(3,4)5;1-2-4-5-3-1;/h8-12,16,19,22H,1,13-15H2,2-7H3;1-5H;/q;;+2/t16-,19+,22-;;/m1../s1. The number of carbonyl (C=O) groups excluding carboxylic acids is 2. The molecule has 2 aliphatic carbocycles. The van der Waals surface area contributed by atoms with Gasteiger partial charge in [-0.1, -0.05) is 33.4 Å². The number of ether oxygens (including phenoxy) is 1. The Bertz CT molecular complexity index is 823. The van der Waals surface area contributed by atoms with Crippen molar-refractivity contribution in [2.45, 2.75) is 70.1 Å². The molecule has 4 rings (SSSR count). The number of fused-ring (bicyclic) bond motifs is 1. The summed E-state index contributed by atoms with van der Waals surface area (Å²) in [5.41, 5.74) is 0.407. The molecule has 0 aromatic heterocycles. The van der Waals surface area contributed by atoms with Gasteiger partial charge in [-0.2, -0.15) is 0 Å². The second kappa shape index (κ2) is 14.2. The maximum atomic E-state index is 13.2. The van der Waals surface area contributed by atoms with E-state index in [4.69, 9.17) is 9.16 Å². The molecule has 37 heavy (non-hydrogen) atoms. The third-order valence-electron chi connectivity index (χ3n) is 7.10. The van der Waals surface area contributed by atoms with Crippen molar-refractivity contribution in [2.24, 2.45) is 5.92 Å². The Balaban J connectivity index is 0.000000716. The molecule has 0 N–H and O–H groups in total. The van der Waals surface area contributed by atoms with Crippen LogP contribution in [0.4, 0.5) is 0 Å². The van der Waals surface area contributed by atoms with Crippen molar-refractivity contribution in [2.75, 3.05) is 6.61 Å². The van der Waals surface area contributed by atoms with Crippen molar-refractivity contribution < 1.29 is 35.8 Å². The average molecular weight is 582 g/mol. The Morgan fingerprint density at radius 3 is 2.19 bits per heavy atom. The Hall–Kier alpha value is -0.534. The third-order valence-corrected chi connectivity index (χ3v) is 13.1. The van der Waals surface area contributed by atoms with Crippen LogP contribution in [0.1, 0.15) is 40.5 Å². The molecule has 8 heteroatoms. The molecule has 2 heterocycles. The van der Waals surface area contributed by atoms with E-state index < -0.39 is 14.3 Å². The van der Waals surface area contributed by atoms with Gasteiger partial charge in [0, 0.05) is 4.91 Å². The first kappa shape index (κ1) is 32.7. The van der Waals surface area contributed by atoms with Gasteiger partial charge in [0.05, 0.1) is 12.0 Å². The molecule has 0 aromatic rings. The molecule has 3 fully saturated rings. The first-order valence-corrected chi connectivity index (χ1v) is 16.3. The molecule has 3 atom stereocenters. The van der Waals surface area contributed by atoms with Crippen LogP contribution in [0.2, 0.25) is 18.1 Å². The SMILES string of the molecule is C=CCOC(=O)C1=C(CC[C]2[CH][CH][CH][CH]2)S[C@@H]2[C@@H]([C@@H](C)O[Si](C)(C)C(C)(C)C)C(=O)N12.[CH]1[CH][CH][CH][CH]1.[Fe+2]. The van der Waals surface area contributed by atoms with Crippen molar-refractivity contribution >= 4 is 32.0 Å². The van der Waals surface area contributed by atoms with Crippen LogP contribution < -0.4 is 0 Å². The van der Waals surface area contributed by atoms with Gasteiger partial charge in [-0.05, 0) is 102 Å². The smallest absolute Gasteiger partial charge is 0.457 e. The monoisotopic (exact) mass is 581 g/mol. The van der Waals surface area contributed by atoms with Crippen LogP contribution in [0.25, 0.3) is 0 Å². The van der Waals surface area contributed by atoms with E-state index in [1.165, 1.54) is 12.0 Å². The Kier molecular flexibility index (Phi) is 12.5. The zero-order valence-corrected chi connectivity index (χ0v) is 25.6. The zero-order valence-electron chi connectivity index (χ0n) is 22.7. The molecule has 1 saturated heterocycles. The molecule has 1 amide bonds. The zero-order chi connectivity index (χ0) is 26.5. The van der Waals surface area contributed by atoms with E-state index in [1.807, 2.05) is 51.9 Å². The average Bonchev–Trinajstić information content (AvgIpc) is 3.57. The number of carbonyl (C=O) groups is 2. The van der Waals surface area contributed by atoms with Crippen molar-refractivity contribution in [3.05, 3.63) is 87.0 Å². The fourth-order valence-electron chi connectivity index (χ4n) is 4.08. The number of hydrogen-bond donors (Lipinski definition) is 0. The molecule has 4 aliphatic rings. The van der Waals surface area contributed by atoms with Crippen LogP contribution in [0, 0.1) is 69.6 Å². The topological polar surface area (TPSA) is 55.8 Å². The predicted octanol–water partition coefficient (Wildman–Crippen LogP) is 6.07. The number of esters is 1. The Labute approximate surface area is 241 Å². The number of β-lactam (4-membered cyclic amide) rings is 1. The summed E-state index contributed by atoms with van der Waals surface area (Å²) in [4.78, 5) is 28.5. The summed E-state index contributed by atoms with van der Waals surface area (Å²) in [5.74, 6) is 0.478. The van der Waals surface area contributed by atoms with E-state index in [0.29, 0.717) is 12.1 Å². The molecule has 0 unspecified atom stereocenters. The molecular formula is C29H39FeNO4SSi+2. The molecule has 200 valence electrons.